The number of hydrogen-bond acceptors (Lipinski definition) is 7. The Bertz CT molecular complexity index is 757. The van der Waals surface area contributed by atoms with E-state index in [4.69, 9.17) is 9.94 Å². The van der Waals surface area contributed by atoms with Gasteiger partial charge in [0.1, 0.15) is 10.3 Å². The molecular formula is C15H22N2O6S. The van der Waals surface area contributed by atoms with E-state index < -0.39 is 43.5 Å². The molecular weight excluding hydrogens is 336 g/mol. The van der Waals surface area contributed by atoms with Crippen LogP contribution < -0.4 is 0 Å². The van der Waals surface area contributed by atoms with Gasteiger partial charge in [0, 0.05) is 0 Å². The summed E-state index contributed by atoms with van der Waals surface area (Å²) in [5.74, 6) is -1.33. The first kappa shape index (κ1) is 18.4. The maximum Gasteiger partial charge on any atom is 0.331 e. The number of carbonyl (C=O) groups excluding carboxylic acids is 2. The number of rotatable bonds is 2. The first-order chi connectivity index (χ1) is 10.8. The van der Waals surface area contributed by atoms with Crippen molar-refractivity contribution in [3.63, 3.8) is 0 Å². The van der Waals surface area contributed by atoms with E-state index in [1.807, 2.05) is 0 Å². The smallest absolute Gasteiger partial charge is 0.331 e. The second-order valence-corrected chi connectivity index (χ2v) is 10.1. The number of nitrogens with zero attached hydrogens (tertiary/aromatic N) is 2. The number of ether oxygens (including phenoxy) is 1. The van der Waals surface area contributed by atoms with Gasteiger partial charge in [0.25, 0.3) is 5.91 Å². The quantitative estimate of drug-likeness (QED) is 0.195. The molecule has 2 fully saturated rings. The monoisotopic (exact) mass is 358 g/mol. The largest absolute Gasteiger partial charge is 0.458 e. The average Bonchev–Trinajstić information content (AvgIpc) is 2.56. The van der Waals surface area contributed by atoms with Crippen molar-refractivity contribution in [3.05, 3.63) is 11.6 Å². The van der Waals surface area contributed by atoms with E-state index in [1.165, 1.54) is 26.8 Å². The number of oxime groups is 1. The Labute approximate surface area is 141 Å². The molecule has 0 aromatic rings. The van der Waals surface area contributed by atoms with Crippen LogP contribution in [0.3, 0.4) is 0 Å². The maximum absolute atomic E-state index is 12.8. The predicted molar refractivity (Wildman–Crippen MR) is 86.2 cm³/mol. The highest BCUT2D eigenvalue weighted by Gasteiger charge is 2.70. The van der Waals surface area contributed by atoms with Crippen LogP contribution in [0.4, 0.5) is 0 Å². The molecule has 24 heavy (non-hydrogen) atoms. The molecule has 0 aromatic carbocycles. The zero-order chi connectivity index (χ0) is 18.7. The lowest BCUT2D eigenvalue weighted by atomic mass is 9.95. The average molecular weight is 358 g/mol. The van der Waals surface area contributed by atoms with Crippen LogP contribution in [0.15, 0.2) is 16.8 Å². The fraction of sp³-hybridized carbons (Fsp3) is 0.667. The van der Waals surface area contributed by atoms with E-state index in [2.05, 4.69) is 5.16 Å². The number of hydrogen-bond donors (Lipinski definition) is 1. The number of allylic oxidation sites excluding steroid dienone is 1. The molecule has 0 aromatic heterocycles. The summed E-state index contributed by atoms with van der Waals surface area (Å²) < 4.78 is 29.5. The third-order valence-electron chi connectivity index (χ3n) is 4.12. The van der Waals surface area contributed by atoms with Crippen molar-refractivity contribution in [2.75, 3.05) is 0 Å². The van der Waals surface area contributed by atoms with Gasteiger partial charge < -0.3 is 14.8 Å². The molecule has 8 nitrogen and oxygen atoms in total. The minimum Gasteiger partial charge on any atom is -0.458 e. The zero-order valence-electron chi connectivity index (χ0n) is 14.5. The molecule has 0 bridgehead atoms. The molecule has 1 amide bonds. The lowest BCUT2D eigenvalue weighted by molar-refractivity contribution is -0.166. The van der Waals surface area contributed by atoms with Crippen molar-refractivity contribution >= 4 is 27.4 Å². The Kier molecular flexibility index (Phi) is 4.07. The van der Waals surface area contributed by atoms with Crippen LogP contribution in [-0.2, 0) is 24.2 Å². The van der Waals surface area contributed by atoms with Crippen molar-refractivity contribution in [1.82, 2.24) is 4.90 Å². The van der Waals surface area contributed by atoms with E-state index in [1.54, 1.807) is 20.8 Å². The Morgan fingerprint density at radius 1 is 1.38 bits per heavy atom. The summed E-state index contributed by atoms with van der Waals surface area (Å²) in [6, 6.07) is -1.22. The Balaban J connectivity index is 2.50. The second-order valence-electron chi connectivity index (χ2n) is 7.49. The van der Waals surface area contributed by atoms with Crippen LogP contribution in [0.5, 0.6) is 0 Å². The van der Waals surface area contributed by atoms with Gasteiger partial charge in [0.15, 0.2) is 21.3 Å². The molecule has 2 rings (SSSR count). The van der Waals surface area contributed by atoms with E-state index in [-0.39, 0.29) is 11.3 Å². The molecule has 2 aliphatic heterocycles. The van der Waals surface area contributed by atoms with Crippen LogP contribution in [0.25, 0.3) is 0 Å². The van der Waals surface area contributed by atoms with Crippen LogP contribution in [0.2, 0.25) is 0 Å². The van der Waals surface area contributed by atoms with Crippen molar-refractivity contribution in [2.24, 2.45) is 5.16 Å². The van der Waals surface area contributed by atoms with Crippen molar-refractivity contribution in [3.8, 4) is 0 Å². The zero-order valence-corrected chi connectivity index (χ0v) is 15.3. The molecule has 0 radical (unpaired) electrons. The molecule has 0 spiro atoms. The summed E-state index contributed by atoms with van der Waals surface area (Å²) in [5, 5.41) is 10.4. The summed E-state index contributed by atoms with van der Waals surface area (Å²) in [5.41, 5.74) is -0.710. The molecule has 0 aliphatic carbocycles. The maximum atomic E-state index is 12.8. The van der Waals surface area contributed by atoms with Crippen LogP contribution >= 0.6 is 0 Å². The normalized spacial score (nSPS) is 30.1. The third kappa shape index (κ3) is 2.51. The second kappa shape index (κ2) is 5.30. The van der Waals surface area contributed by atoms with E-state index in [0.717, 1.165) is 4.90 Å². The van der Waals surface area contributed by atoms with Crippen LogP contribution in [0.1, 0.15) is 41.5 Å². The molecule has 1 N–H and O–H groups in total. The highest BCUT2D eigenvalue weighted by atomic mass is 32.2. The van der Waals surface area contributed by atoms with Gasteiger partial charge in [-0.3, -0.25) is 4.79 Å². The van der Waals surface area contributed by atoms with Crippen molar-refractivity contribution in [2.45, 2.75) is 63.3 Å². The molecule has 134 valence electrons. The van der Waals surface area contributed by atoms with Gasteiger partial charge in [0.2, 0.25) is 0 Å². The van der Waals surface area contributed by atoms with Gasteiger partial charge in [-0.1, -0.05) is 5.16 Å². The number of sulfone groups is 1. The topological polar surface area (TPSA) is 113 Å². The summed E-state index contributed by atoms with van der Waals surface area (Å²) in [7, 11) is -3.85. The first-order valence-electron chi connectivity index (χ1n) is 7.45. The minimum absolute atomic E-state index is 0.00978. The molecule has 9 heteroatoms. The number of fused-ring (bicyclic) bond motifs is 1. The summed E-state index contributed by atoms with van der Waals surface area (Å²) in [6.07, 6.45) is 1.22. The van der Waals surface area contributed by atoms with Crippen molar-refractivity contribution < 1.29 is 28.0 Å². The molecule has 2 aliphatic rings. The number of esters is 1. The molecule has 0 unspecified atom stereocenters. The summed E-state index contributed by atoms with van der Waals surface area (Å²) in [4.78, 5) is 26.0. The number of carbonyl (C=O) groups is 2. The van der Waals surface area contributed by atoms with Gasteiger partial charge in [0.05, 0.1) is 11.3 Å². The fourth-order valence-corrected chi connectivity index (χ4v) is 5.05. The lowest BCUT2D eigenvalue weighted by Crippen LogP contribution is -2.59. The van der Waals surface area contributed by atoms with E-state index in [9.17, 15) is 18.0 Å². The molecule has 0 saturated carbocycles. The minimum atomic E-state index is -3.85. The molecule has 2 heterocycles. The highest BCUT2D eigenvalue weighted by molar-refractivity contribution is 7.94. The number of β-lactam (4-membered cyclic amide) rings is 1. The van der Waals surface area contributed by atoms with Crippen LogP contribution in [0, 0.1) is 0 Å². The Morgan fingerprint density at radius 2 is 1.92 bits per heavy atom. The van der Waals surface area contributed by atoms with Crippen LogP contribution in [-0.4, -0.2) is 57.9 Å². The van der Waals surface area contributed by atoms with Gasteiger partial charge in [-0.15, -0.1) is 0 Å². The SMILES string of the molecule is CC(/C=C1/C(=O)N2[C@@H](C(=O)OC(C)(C)C)C(C)(C)S(=O)(=O)[C@H]12)=N/O. The molecule has 2 saturated heterocycles. The predicted octanol–water partition coefficient (Wildman–Crippen LogP) is 0.848. The Hall–Kier alpha value is -1.90. The highest BCUT2D eigenvalue weighted by Crippen LogP contribution is 2.48. The standard InChI is InChI=1S/C15H22N2O6S/c1-8(16-20)7-9-11(18)17-10(13(19)23-14(2,3)4)15(5,6)24(21,22)12(9)17/h7,10,12,20H,1-6H3/b9-7-,16-8-/t10-,12+/m0/s1. The van der Waals surface area contributed by atoms with E-state index >= 15 is 0 Å². The van der Waals surface area contributed by atoms with Crippen molar-refractivity contribution in [1.29, 1.82) is 0 Å². The fourth-order valence-electron chi connectivity index (χ4n) is 2.93. The van der Waals surface area contributed by atoms with E-state index in [0.29, 0.717) is 0 Å². The Morgan fingerprint density at radius 3 is 2.38 bits per heavy atom. The number of amides is 1. The lowest BCUT2D eigenvalue weighted by Gasteiger charge is -2.39. The summed E-state index contributed by atoms with van der Waals surface area (Å²) >= 11 is 0. The van der Waals surface area contributed by atoms with Gasteiger partial charge >= 0.3 is 5.97 Å². The molecule has 2 atom stereocenters. The van der Waals surface area contributed by atoms with Gasteiger partial charge in [-0.25, -0.2) is 13.2 Å². The first-order valence-corrected chi connectivity index (χ1v) is 8.99. The third-order valence-corrected chi connectivity index (χ3v) is 6.87. The van der Waals surface area contributed by atoms with Gasteiger partial charge in [-0.2, -0.15) is 0 Å². The summed E-state index contributed by atoms with van der Waals surface area (Å²) in [6.45, 7) is 9.26. The van der Waals surface area contributed by atoms with Gasteiger partial charge in [-0.05, 0) is 47.6 Å².